The third kappa shape index (κ3) is 5.39. The van der Waals surface area contributed by atoms with Gasteiger partial charge in [0.25, 0.3) is 16.5 Å². The van der Waals surface area contributed by atoms with Gasteiger partial charge in [-0.15, -0.1) is 0 Å². The molecule has 0 amide bonds. The number of unbranched alkanes of at least 4 members (excludes halogenated alkanes) is 1. The van der Waals surface area contributed by atoms with Crippen LogP contribution in [0.4, 0.5) is 13.2 Å². The minimum atomic E-state index is -1.19. The molecule has 0 spiro atoms. The Balaban J connectivity index is 2.54. The lowest BCUT2D eigenvalue weighted by atomic mass is 10.1. The van der Waals surface area contributed by atoms with Crippen molar-refractivity contribution in [2.45, 2.75) is 45.5 Å². The Morgan fingerprint density at radius 2 is 1.55 bits per heavy atom. The number of halogens is 3. The number of hydrogen-bond donors (Lipinski definition) is 0. The van der Waals surface area contributed by atoms with Crippen LogP contribution in [0, 0.1) is 17.5 Å². The smallest absolute Gasteiger partial charge is 0.272 e. The highest BCUT2D eigenvalue weighted by molar-refractivity contribution is 5.98. The largest absolute Gasteiger partial charge is 0.371 e. The zero-order valence-electron chi connectivity index (χ0n) is 12.8. The average molecular weight is 333 g/mol. The van der Waals surface area contributed by atoms with E-state index in [4.69, 9.17) is 13.9 Å². The minimum absolute atomic E-state index is 0.150. The van der Waals surface area contributed by atoms with E-state index in [0.29, 0.717) is 45.0 Å². The van der Waals surface area contributed by atoms with Gasteiger partial charge in [0.2, 0.25) is 0 Å². The van der Waals surface area contributed by atoms with Gasteiger partial charge in [0.1, 0.15) is 5.82 Å². The zero-order chi connectivity index (χ0) is 16.6. The van der Waals surface area contributed by atoms with Crippen molar-refractivity contribution in [3.8, 4) is 0 Å². The molecule has 0 saturated heterocycles. The van der Waals surface area contributed by atoms with E-state index < -0.39 is 23.4 Å². The monoisotopic (exact) mass is 333 g/mol. The van der Waals surface area contributed by atoms with Crippen LogP contribution in [0.25, 0.3) is 0 Å². The molecule has 0 unspecified atom stereocenters. The average Bonchev–Trinajstić information content (AvgIpc) is 2.48. The summed E-state index contributed by atoms with van der Waals surface area (Å²) in [5, 5.41) is 0. The van der Waals surface area contributed by atoms with Gasteiger partial charge in [-0.25, -0.2) is 13.2 Å². The SMILES string of the molecule is CCOC(CCCCc1cc(F)c(F)cc1F)(O[Si])OCC. The second kappa shape index (κ2) is 9.29. The molecule has 0 aliphatic rings. The van der Waals surface area contributed by atoms with Crippen LogP contribution in [0.15, 0.2) is 12.1 Å². The summed E-state index contributed by atoms with van der Waals surface area (Å²) in [6.07, 6.45) is 1.87. The van der Waals surface area contributed by atoms with Gasteiger partial charge in [-0.1, -0.05) is 0 Å². The van der Waals surface area contributed by atoms with Crippen molar-refractivity contribution in [1.82, 2.24) is 0 Å². The Kier molecular flexibility index (Phi) is 8.09. The first kappa shape index (κ1) is 19.2. The summed E-state index contributed by atoms with van der Waals surface area (Å²) < 4.78 is 55.5. The summed E-state index contributed by atoms with van der Waals surface area (Å²) in [5.41, 5.74) is 0.150. The predicted molar refractivity (Wildman–Crippen MR) is 76.7 cm³/mol. The summed E-state index contributed by atoms with van der Waals surface area (Å²) in [5.74, 6) is -4.15. The molecule has 123 valence electrons. The van der Waals surface area contributed by atoms with E-state index in [2.05, 4.69) is 10.5 Å². The van der Waals surface area contributed by atoms with Gasteiger partial charge in [0, 0.05) is 25.7 Å². The van der Waals surface area contributed by atoms with Crippen molar-refractivity contribution >= 4 is 10.5 Å². The van der Waals surface area contributed by atoms with Gasteiger partial charge >= 0.3 is 0 Å². The topological polar surface area (TPSA) is 27.7 Å². The zero-order valence-corrected chi connectivity index (χ0v) is 13.8. The van der Waals surface area contributed by atoms with E-state index in [1.807, 2.05) is 13.8 Å². The maximum Gasteiger partial charge on any atom is 0.272 e. The Hall–Kier alpha value is -0.893. The van der Waals surface area contributed by atoms with Crippen molar-refractivity contribution < 1.29 is 27.1 Å². The number of ether oxygens (including phenoxy) is 2. The molecule has 22 heavy (non-hydrogen) atoms. The summed E-state index contributed by atoms with van der Waals surface area (Å²) in [6, 6.07) is 1.46. The third-order valence-electron chi connectivity index (χ3n) is 3.15. The first-order valence-electron chi connectivity index (χ1n) is 7.24. The van der Waals surface area contributed by atoms with Crippen LogP contribution in [0.5, 0.6) is 0 Å². The molecule has 7 heteroatoms. The quantitative estimate of drug-likeness (QED) is 0.283. The summed E-state index contributed by atoms with van der Waals surface area (Å²) in [4.78, 5) is 0. The second-order valence-electron chi connectivity index (χ2n) is 4.72. The van der Waals surface area contributed by atoms with Crippen molar-refractivity contribution in [2.75, 3.05) is 13.2 Å². The van der Waals surface area contributed by atoms with Crippen LogP contribution >= 0.6 is 0 Å². The molecule has 0 bridgehead atoms. The van der Waals surface area contributed by atoms with Crippen LogP contribution in [-0.4, -0.2) is 29.7 Å². The van der Waals surface area contributed by atoms with Crippen LogP contribution in [0.3, 0.4) is 0 Å². The highest BCUT2D eigenvalue weighted by Crippen LogP contribution is 2.23. The fourth-order valence-corrected chi connectivity index (χ4v) is 2.37. The fourth-order valence-electron chi connectivity index (χ4n) is 2.15. The standard InChI is InChI=1S/C15H20F3O3Si/c1-3-19-15(21-22,20-4-2)8-6-5-7-11-9-13(17)14(18)10-12(11)16/h9-10H,3-8H2,1-2H3. The normalized spacial score (nSPS) is 11.9. The Bertz CT molecular complexity index is 466. The molecule has 0 N–H and O–H groups in total. The molecule has 3 radical (unpaired) electrons. The lowest BCUT2D eigenvalue weighted by Crippen LogP contribution is -2.38. The van der Waals surface area contributed by atoms with Gasteiger partial charge in [-0.2, -0.15) is 0 Å². The number of benzene rings is 1. The Morgan fingerprint density at radius 1 is 0.955 bits per heavy atom. The van der Waals surface area contributed by atoms with E-state index >= 15 is 0 Å². The number of hydrogen-bond acceptors (Lipinski definition) is 3. The van der Waals surface area contributed by atoms with E-state index in [0.717, 1.165) is 6.07 Å². The Labute approximate surface area is 132 Å². The molecule has 0 aliphatic heterocycles. The Morgan fingerprint density at radius 3 is 2.09 bits per heavy atom. The molecule has 1 aromatic carbocycles. The van der Waals surface area contributed by atoms with Crippen molar-refractivity contribution in [3.63, 3.8) is 0 Å². The van der Waals surface area contributed by atoms with Crippen LogP contribution in [0.1, 0.15) is 38.7 Å². The maximum absolute atomic E-state index is 13.5. The molecular formula is C15H20F3O3Si. The second-order valence-corrected chi connectivity index (χ2v) is 4.92. The number of rotatable bonds is 10. The molecule has 0 atom stereocenters. The van der Waals surface area contributed by atoms with Gasteiger partial charge < -0.3 is 13.9 Å². The highest BCUT2D eigenvalue weighted by atomic mass is 28.2. The van der Waals surface area contributed by atoms with Crippen molar-refractivity contribution in [2.24, 2.45) is 0 Å². The van der Waals surface area contributed by atoms with Crippen molar-refractivity contribution in [1.29, 1.82) is 0 Å². The molecule has 0 saturated carbocycles. The van der Waals surface area contributed by atoms with E-state index in [-0.39, 0.29) is 5.56 Å². The molecule has 0 aliphatic carbocycles. The molecule has 1 aromatic rings. The highest BCUT2D eigenvalue weighted by Gasteiger charge is 2.30. The molecule has 1 rings (SSSR count). The van der Waals surface area contributed by atoms with Gasteiger partial charge in [0.15, 0.2) is 11.6 Å². The maximum atomic E-state index is 13.5. The lowest BCUT2D eigenvalue weighted by Gasteiger charge is -2.31. The molecule has 0 fully saturated rings. The van der Waals surface area contributed by atoms with Gasteiger partial charge in [-0.3, -0.25) is 0 Å². The van der Waals surface area contributed by atoms with E-state index in [9.17, 15) is 13.2 Å². The predicted octanol–water partition coefficient (Wildman–Crippen LogP) is 3.64. The molecule has 0 aromatic heterocycles. The van der Waals surface area contributed by atoms with Crippen LogP contribution < -0.4 is 0 Å². The van der Waals surface area contributed by atoms with Crippen LogP contribution in [-0.2, 0) is 20.3 Å². The first-order valence-corrected chi connectivity index (χ1v) is 7.65. The van der Waals surface area contributed by atoms with E-state index in [1.165, 1.54) is 0 Å². The minimum Gasteiger partial charge on any atom is -0.371 e. The van der Waals surface area contributed by atoms with Crippen molar-refractivity contribution in [3.05, 3.63) is 35.1 Å². The third-order valence-corrected chi connectivity index (χ3v) is 3.46. The molecular weight excluding hydrogens is 313 g/mol. The number of aryl methyl sites for hydroxylation is 1. The summed E-state index contributed by atoms with van der Waals surface area (Å²) >= 11 is 0. The lowest BCUT2D eigenvalue weighted by molar-refractivity contribution is -0.344. The van der Waals surface area contributed by atoms with Gasteiger partial charge in [0.05, 0.1) is 0 Å². The summed E-state index contributed by atoms with van der Waals surface area (Å²) in [7, 11) is 2.95. The van der Waals surface area contributed by atoms with E-state index in [1.54, 1.807) is 0 Å². The van der Waals surface area contributed by atoms with Gasteiger partial charge in [-0.05, 0) is 44.7 Å². The summed E-state index contributed by atoms with van der Waals surface area (Å²) in [6.45, 7) is 4.44. The van der Waals surface area contributed by atoms with Crippen LogP contribution in [0.2, 0.25) is 0 Å². The molecule has 0 heterocycles. The first-order chi connectivity index (χ1) is 10.5. The molecule has 3 nitrogen and oxygen atoms in total. The fraction of sp³-hybridized carbons (Fsp3) is 0.600.